The van der Waals surface area contributed by atoms with Crippen molar-refractivity contribution in [2.45, 2.75) is 110 Å². The number of para-hydroxylation sites is 1. The Balaban J connectivity index is 2.52. The number of hydrogen-bond acceptors (Lipinski definition) is 6. The zero-order valence-corrected chi connectivity index (χ0v) is 26.5. The van der Waals surface area contributed by atoms with E-state index in [1.54, 1.807) is 51.1 Å². The fourth-order valence-corrected chi connectivity index (χ4v) is 4.80. The van der Waals surface area contributed by atoms with Crippen LogP contribution in [0.2, 0.25) is 0 Å². The van der Waals surface area contributed by atoms with E-state index in [2.05, 4.69) is 17.6 Å². The van der Waals surface area contributed by atoms with Crippen LogP contribution in [0, 0.1) is 0 Å². The van der Waals surface area contributed by atoms with Crippen LogP contribution in [0.4, 0.5) is 4.79 Å². The van der Waals surface area contributed by atoms with E-state index >= 15 is 0 Å². The van der Waals surface area contributed by atoms with Gasteiger partial charge >= 0.3 is 6.09 Å². The van der Waals surface area contributed by atoms with Crippen LogP contribution >= 0.6 is 0 Å². The standard InChI is InChI=1S/C34H51N3O6/c1-6-8-10-11-12-15-23-37(30(31(40)35-22-9-7-2)27-16-13-14-17-29(27)39)32(41)28(36-33(42)43-34(3,4)5)24-25-18-20-26(38)21-19-25/h13-14,16-21,28,30,38-39H,6-12,15,22-24H2,1-5H3,(H,35,40)(H,36,42). The van der Waals surface area contributed by atoms with E-state index < -0.39 is 35.6 Å². The van der Waals surface area contributed by atoms with Gasteiger partial charge in [-0.05, 0) is 57.4 Å². The molecular weight excluding hydrogens is 546 g/mol. The second kappa shape index (κ2) is 18.0. The Bertz CT molecular complexity index is 1150. The number of rotatable bonds is 17. The summed E-state index contributed by atoms with van der Waals surface area (Å²) in [6.07, 6.45) is 6.89. The zero-order chi connectivity index (χ0) is 31.8. The number of phenolic OH excluding ortho intramolecular Hbond substituents is 2. The van der Waals surface area contributed by atoms with Crippen LogP contribution in [0.5, 0.6) is 11.5 Å². The Labute approximate surface area is 257 Å². The molecule has 0 bridgehead atoms. The second-order valence-corrected chi connectivity index (χ2v) is 12.0. The first-order chi connectivity index (χ1) is 20.5. The summed E-state index contributed by atoms with van der Waals surface area (Å²) in [4.78, 5) is 42.7. The van der Waals surface area contributed by atoms with Gasteiger partial charge in [-0.3, -0.25) is 9.59 Å². The maximum atomic E-state index is 14.5. The van der Waals surface area contributed by atoms with Crippen molar-refractivity contribution in [2.75, 3.05) is 13.1 Å². The minimum Gasteiger partial charge on any atom is -0.508 e. The van der Waals surface area contributed by atoms with Crippen molar-refractivity contribution >= 4 is 17.9 Å². The first-order valence-corrected chi connectivity index (χ1v) is 15.6. The molecule has 0 spiro atoms. The Kier molecular flexibility index (Phi) is 14.9. The highest BCUT2D eigenvalue weighted by Gasteiger charge is 2.37. The number of nitrogens with one attached hydrogen (secondary N) is 2. The predicted octanol–water partition coefficient (Wildman–Crippen LogP) is 6.38. The lowest BCUT2D eigenvalue weighted by atomic mass is 9.98. The quantitative estimate of drug-likeness (QED) is 0.157. The van der Waals surface area contributed by atoms with Crippen molar-refractivity contribution in [2.24, 2.45) is 0 Å². The minimum atomic E-state index is -1.11. The molecule has 4 N–H and O–H groups in total. The fourth-order valence-electron chi connectivity index (χ4n) is 4.80. The smallest absolute Gasteiger partial charge is 0.408 e. The molecule has 2 atom stereocenters. The molecule has 9 heteroatoms. The molecule has 2 aromatic rings. The summed E-state index contributed by atoms with van der Waals surface area (Å²) < 4.78 is 5.49. The van der Waals surface area contributed by atoms with Gasteiger partial charge in [0.05, 0.1) is 0 Å². The first-order valence-electron chi connectivity index (χ1n) is 15.6. The molecule has 9 nitrogen and oxygen atoms in total. The molecule has 3 amide bonds. The number of phenols is 2. The van der Waals surface area contributed by atoms with E-state index in [0.29, 0.717) is 24.1 Å². The van der Waals surface area contributed by atoms with E-state index in [0.717, 1.165) is 44.9 Å². The number of hydrogen-bond donors (Lipinski definition) is 4. The Morgan fingerprint density at radius 3 is 2.12 bits per heavy atom. The Morgan fingerprint density at radius 2 is 1.49 bits per heavy atom. The molecule has 0 aliphatic carbocycles. The van der Waals surface area contributed by atoms with E-state index in [4.69, 9.17) is 4.74 Å². The Morgan fingerprint density at radius 1 is 0.860 bits per heavy atom. The molecule has 238 valence electrons. The number of aromatic hydroxyl groups is 2. The molecule has 0 aliphatic rings. The van der Waals surface area contributed by atoms with Crippen molar-refractivity contribution in [3.05, 3.63) is 59.7 Å². The average Bonchev–Trinajstić information content (AvgIpc) is 2.94. The van der Waals surface area contributed by atoms with Crippen LogP contribution in [0.3, 0.4) is 0 Å². The summed E-state index contributed by atoms with van der Waals surface area (Å²) >= 11 is 0. The molecule has 0 fully saturated rings. The third kappa shape index (κ3) is 12.6. The van der Waals surface area contributed by atoms with Crippen LogP contribution in [-0.4, -0.2) is 57.8 Å². The third-order valence-corrected chi connectivity index (χ3v) is 7.02. The van der Waals surface area contributed by atoms with Gasteiger partial charge in [-0.15, -0.1) is 0 Å². The van der Waals surface area contributed by atoms with E-state index in [9.17, 15) is 24.6 Å². The predicted molar refractivity (Wildman–Crippen MR) is 169 cm³/mol. The van der Waals surface area contributed by atoms with Gasteiger partial charge in [-0.25, -0.2) is 4.79 Å². The lowest BCUT2D eigenvalue weighted by Gasteiger charge is -2.35. The number of ether oxygens (including phenoxy) is 1. The van der Waals surface area contributed by atoms with Crippen molar-refractivity contribution in [1.82, 2.24) is 15.5 Å². The molecule has 0 saturated carbocycles. The molecule has 0 radical (unpaired) electrons. The highest BCUT2D eigenvalue weighted by Crippen LogP contribution is 2.30. The van der Waals surface area contributed by atoms with Crippen LogP contribution in [0.1, 0.15) is 103 Å². The van der Waals surface area contributed by atoms with Crippen LogP contribution in [-0.2, 0) is 20.7 Å². The molecular formula is C34H51N3O6. The minimum absolute atomic E-state index is 0.0831. The van der Waals surface area contributed by atoms with Gasteiger partial charge in [-0.2, -0.15) is 0 Å². The number of unbranched alkanes of at least 4 members (excludes halogenated alkanes) is 6. The maximum Gasteiger partial charge on any atom is 0.408 e. The van der Waals surface area contributed by atoms with Gasteiger partial charge in [0.25, 0.3) is 0 Å². The van der Waals surface area contributed by atoms with Crippen molar-refractivity contribution in [3.63, 3.8) is 0 Å². The fraction of sp³-hybridized carbons (Fsp3) is 0.559. The van der Waals surface area contributed by atoms with Crippen LogP contribution in [0.25, 0.3) is 0 Å². The Hall–Kier alpha value is -3.75. The zero-order valence-electron chi connectivity index (χ0n) is 26.5. The summed E-state index contributed by atoms with van der Waals surface area (Å²) in [5.74, 6) is -0.866. The molecule has 2 unspecified atom stereocenters. The molecule has 0 saturated heterocycles. The summed E-state index contributed by atoms with van der Waals surface area (Å²) in [7, 11) is 0. The topological polar surface area (TPSA) is 128 Å². The van der Waals surface area contributed by atoms with Gasteiger partial charge in [0.1, 0.15) is 29.2 Å². The first kappa shape index (κ1) is 35.4. The molecule has 0 heterocycles. The van der Waals surface area contributed by atoms with Gasteiger partial charge in [0.2, 0.25) is 11.8 Å². The average molecular weight is 598 g/mol. The highest BCUT2D eigenvalue weighted by molar-refractivity contribution is 5.92. The van der Waals surface area contributed by atoms with E-state index in [-0.39, 0.29) is 24.5 Å². The number of nitrogens with zero attached hydrogens (tertiary/aromatic N) is 1. The van der Waals surface area contributed by atoms with Gasteiger partial charge in [-0.1, -0.05) is 82.7 Å². The second-order valence-electron chi connectivity index (χ2n) is 12.0. The number of amides is 3. The third-order valence-electron chi connectivity index (χ3n) is 7.02. The number of carbonyl (C=O) groups is 3. The largest absolute Gasteiger partial charge is 0.508 e. The molecule has 0 aliphatic heterocycles. The van der Waals surface area contributed by atoms with Crippen molar-refractivity contribution in [1.29, 1.82) is 0 Å². The molecule has 43 heavy (non-hydrogen) atoms. The summed E-state index contributed by atoms with van der Waals surface area (Å²) in [5.41, 5.74) is 0.237. The normalized spacial score (nSPS) is 12.7. The molecule has 2 aromatic carbocycles. The number of carbonyl (C=O) groups excluding carboxylic acids is 3. The van der Waals surface area contributed by atoms with Crippen molar-refractivity contribution in [3.8, 4) is 11.5 Å². The van der Waals surface area contributed by atoms with Crippen LogP contribution < -0.4 is 10.6 Å². The summed E-state index contributed by atoms with van der Waals surface area (Å²) in [6.45, 7) is 10.1. The van der Waals surface area contributed by atoms with E-state index in [1.165, 1.54) is 23.1 Å². The van der Waals surface area contributed by atoms with Gasteiger partial charge in [0, 0.05) is 25.1 Å². The van der Waals surface area contributed by atoms with Gasteiger partial charge in [0.15, 0.2) is 0 Å². The summed E-state index contributed by atoms with van der Waals surface area (Å²) in [5, 5.41) is 26.3. The molecule has 2 rings (SSSR count). The molecule has 0 aromatic heterocycles. The highest BCUT2D eigenvalue weighted by atomic mass is 16.6. The lowest BCUT2D eigenvalue weighted by molar-refractivity contribution is -0.142. The lowest BCUT2D eigenvalue weighted by Crippen LogP contribution is -2.54. The van der Waals surface area contributed by atoms with Gasteiger partial charge < -0.3 is 30.5 Å². The maximum absolute atomic E-state index is 14.5. The summed E-state index contributed by atoms with van der Waals surface area (Å²) in [6, 6.07) is 10.8. The number of alkyl carbamates (subject to hydrolysis) is 1. The van der Waals surface area contributed by atoms with E-state index in [1.807, 2.05) is 6.92 Å². The van der Waals surface area contributed by atoms with Crippen LogP contribution in [0.15, 0.2) is 48.5 Å². The van der Waals surface area contributed by atoms with Crippen molar-refractivity contribution < 1.29 is 29.3 Å². The SMILES string of the molecule is CCCCCCCCN(C(=O)C(Cc1ccc(O)cc1)NC(=O)OC(C)(C)C)C(C(=O)NCCCC)c1ccccc1O. The monoisotopic (exact) mass is 597 g/mol. The number of benzene rings is 2.